The van der Waals surface area contributed by atoms with E-state index >= 15 is 0 Å². The molecule has 2 N–H and O–H groups in total. The van der Waals surface area contributed by atoms with Gasteiger partial charge in [-0.15, -0.1) is 0 Å². The molecule has 2 aromatic carbocycles. The van der Waals surface area contributed by atoms with Gasteiger partial charge >= 0.3 is 0 Å². The number of fused-ring (bicyclic) bond motifs is 1. The Labute approximate surface area is 120 Å². The number of imidazole rings is 1. The second kappa shape index (κ2) is 5.15. The molecule has 4 heteroatoms. The van der Waals surface area contributed by atoms with E-state index in [9.17, 15) is 0 Å². The largest absolute Gasteiger partial charge is 0.330 e. The molecule has 0 bridgehead atoms. The normalized spacial score (nSPS) is 11.1. The summed E-state index contributed by atoms with van der Waals surface area (Å²) in [5, 5.41) is 2.40. The molecule has 0 atom stereocenters. The fourth-order valence-corrected chi connectivity index (χ4v) is 2.81. The Morgan fingerprint density at radius 3 is 2.68 bits per heavy atom. The number of rotatable bonds is 3. The molecule has 0 saturated heterocycles. The number of hydrogen-bond donors (Lipinski definition) is 1. The second-order valence-electron chi connectivity index (χ2n) is 4.41. The lowest BCUT2D eigenvalue weighted by atomic mass is 10.1. The molecule has 3 nitrogen and oxygen atoms in total. The van der Waals surface area contributed by atoms with Gasteiger partial charge in [-0.05, 0) is 24.1 Å². The molecule has 3 aromatic rings. The van der Waals surface area contributed by atoms with Crippen molar-refractivity contribution in [3.63, 3.8) is 0 Å². The standard InChI is InChI=1S/C15H14BrN3/c16-14-5-6-15(13-4-2-1-3-12(13)14)19-10-18-9-11(19)7-8-17/h1-6,9-10H,7-8,17H2. The number of hydrogen-bond acceptors (Lipinski definition) is 2. The molecule has 1 aromatic heterocycles. The zero-order chi connectivity index (χ0) is 13.2. The van der Waals surface area contributed by atoms with Crippen LogP contribution in [0.5, 0.6) is 0 Å². The van der Waals surface area contributed by atoms with Crippen molar-refractivity contribution in [1.82, 2.24) is 9.55 Å². The minimum atomic E-state index is 0.625. The Bertz CT molecular complexity index is 718. The third-order valence-electron chi connectivity index (χ3n) is 3.22. The number of nitrogens with zero attached hydrogens (tertiary/aromatic N) is 2. The van der Waals surface area contributed by atoms with Crippen molar-refractivity contribution < 1.29 is 0 Å². The quantitative estimate of drug-likeness (QED) is 0.806. The molecule has 0 aliphatic heterocycles. The lowest BCUT2D eigenvalue weighted by molar-refractivity contribution is 0.877. The SMILES string of the molecule is NCCc1cncn1-c1ccc(Br)c2ccccc12. The zero-order valence-corrected chi connectivity index (χ0v) is 12.0. The van der Waals surface area contributed by atoms with Crippen LogP contribution in [0.25, 0.3) is 16.5 Å². The first-order valence-corrected chi connectivity index (χ1v) is 6.99. The van der Waals surface area contributed by atoms with Crippen LogP contribution in [0, 0.1) is 0 Å². The average molecular weight is 316 g/mol. The van der Waals surface area contributed by atoms with Crippen LogP contribution in [-0.2, 0) is 6.42 Å². The highest BCUT2D eigenvalue weighted by Gasteiger charge is 2.08. The van der Waals surface area contributed by atoms with Crippen LogP contribution in [-0.4, -0.2) is 16.1 Å². The zero-order valence-electron chi connectivity index (χ0n) is 10.4. The Balaban J connectivity index is 2.25. The fourth-order valence-electron chi connectivity index (χ4n) is 2.33. The summed E-state index contributed by atoms with van der Waals surface area (Å²) in [6.07, 6.45) is 4.55. The van der Waals surface area contributed by atoms with E-state index in [1.807, 2.05) is 18.6 Å². The molecule has 0 aliphatic carbocycles. The summed E-state index contributed by atoms with van der Waals surface area (Å²) in [5.41, 5.74) is 7.93. The molecule has 3 rings (SSSR count). The Kier molecular flexibility index (Phi) is 3.36. The molecule has 19 heavy (non-hydrogen) atoms. The third kappa shape index (κ3) is 2.17. The summed E-state index contributed by atoms with van der Waals surface area (Å²) >= 11 is 3.60. The van der Waals surface area contributed by atoms with Gasteiger partial charge in [0.25, 0.3) is 0 Å². The van der Waals surface area contributed by atoms with Crippen molar-refractivity contribution in [2.75, 3.05) is 6.54 Å². The molecule has 0 radical (unpaired) electrons. The Morgan fingerprint density at radius 2 is 1.89 bits per heavy atom. The van der Waals surface area contributed by atoms with Gasteiger partial charge in [0.15, 0.2) is 0 Å². The first kappa shape index (κ1) is 12.4. The highest BCUT2D eigenvalue weighted by molar-refractivity contribution is 9.10. The fraction of sp³-hybridized carbons (Fsp3) is 0.133. The van der Waals surface area contributed by atoms with Crippen LogP contribution in [0.1, 0.15) is 5.69 Å². The minimum absolute atomic E-state index is 0.625. The van der Waals surface area contributed by atoms with Gasteiger partial charge in [-0.2, -0.15) is 0 Å². The molecule has 1 heterocycles. The average Bonchev–Trinajstić information content (AvgIpc) is 2.88. The monoisotopic (exact) mass is 315 g/mol. The molecule has 0 saturated carbocycles. The third-order valence-corrected chi connectivity index (χ3v) is 3.91. The predicted molar refractivity (Wildman–Crippen MR) is 81.5 cm³/mol. The van der Waals surface area contributed by atoms with Crippen molar-refractivity contribution in [2.45, 2.75) is 6.42 Å². The van der Waals surface area contributed by atoms with Gasteiger partial charge in [0.1, 0.15) is 0 Å². The van der Waals surface area contributed by atoms with Gasteiger partial charge < -0.3 is 10.3 Å². The van der Waals surface area contributed by atoms with Crippen LogP contribution in [0.15, 0.2) is 53.4 Å². The van der Waals surface area contributed by atoms with Crippen LogP contribution in [0.2, 0.25) is 0 Å². The van der Waals surface area contributed by atoms with Gasteiger partial charge in [-0.25, -0.2) is 4.98 Å². The van der Waals surface area contributed by atoms with Gasteiger partial charge in [0.05, 0.1) is 12.0 Å². The lowest BCUT2D eigenvalue weighted by Crippen LogP contribution is -2.07. The van der Waals surface area contributed by atoms with E-state index in [1.54, 1.807) is 0 Å². The summed E-state index contributed by atoms with van der Waals surface area (Å²) in [6, 6.07) is 12.5. The maximum atomic E-state index is 5.65. The molecule has 0 spiro atoms. The predicted octanol–water partition coefficient (Wildman–Crippen LogP) is 3.29. The van der Waals surface area contributed by atoms with Crippen LogP contribution < -0.4 is 5.73 Å². The summed E-state index contributed by atoms with van der Waals surface area (Å²) in [4.78, 5) is 4.24. The van der Waals surface area contributed by atoms with E-state index in [-0.39, 0.29) is 0 Å². The molecule has 96 valence electrons. The van der Waals surface area contributed by atoms with E-state index in [1.165, 1.54) is 10.8 Å². The van der Waals surface area contributed by atoms with E-state index < -0.39 is 0 Å². The Hall–Kier alpha value is -1.65. The molecular weight excluding hydrogens is 302 g/mol. The number of halogens is 1. The summed E-state index contributed by atoms with van der Waals surface area (Å²) in [7, 11) is 0. The molecular formula is C15H14BrN3. The molecule has 0 aliphatic rings. The maximum Gasteiger partial charge on any atom is 0.0994 e. The van der Waals surface area contributed by atoms with E-state index in [0.29, 0.717) is 6.54 Å². The van der Waals surface area contributed by atoms with E-state index in [4.69, 9.17) is 5.73 Å². The number of benzene rings is 2. The molecule has 0 unspecified atom stereocenters. The second-order valence-corrected chi connectivity index (χ2v) is 5.26. The van der Waals surface area contributed by atoms with Crippen molar-refractivity contribution >= 4 is 26.7 Å². The molecule has 0 fully saturated rings. The highest BCUT2D eigenvalue weighted by Crippen LogP contribution is 2.29. The summed E-state index contributed by atoms with van der Waals surface area (Å²) in [6.45, 7) is 0.625. The minimum Gasteiger partial charge on any atom is -0.330 e. The smallest absolute Gasteiger partial charge is 0.0994 e. The van der Waals surface area contributed by atoms with Crippen molar-refractivity contribution in [3.8, 4) is 5.69 Å². The number of aromatic nitrogens is 2. The summed E-state index contributed by atoms with van der Waals surface area (Å²) in [5.74, 6) is 0. The number of nitrogens with two attached hydrogens (primary N) is 1. The van der Waals surface area contributed by atoms with Gasteiger partial charge in [-0.1, -0.05) is 40.2 Å². The highest BCUT2D eigenvalue weighted by atomic mass is 79.9. The van der Waals surface area contributed by atoms with Crippen molar-refractivity contribution in [2.24, 2.45) is 5.73 Å². The lowest BCUT2D eigenvalue weighted by Gasteiger charge is -2.12. The van der Waals surface area contributed by atoms with Crippen LogP contribution >= 0.6 is 15.9 Å². The first-order valence-electron chi connectivity index (χ1n) is 6.20. The van der Waals surface area contributed by atoms with Crippen molar-refractivity contribution in [3.05, 3.63) is 59.1 Å². The molecule has 0 amide bonds. The Morgan fingerprint density at radius 1 is 1.11 bits per heavy atom. The maximum absolute atomic E-state index is 5.65. The van der Waals surface area contributed by atoms with Gasteiger partial charge in [-0.3, -0.25) is 0 Å². The van der Waals surface area contributed by atoms with Gasteiger partial charge in [0, 0.05) is 28.2 Å². The van der Waals surface area contributed by atoms with E-state index in [0.717, 1.165) is 22.3 Å². The topological polar surface area (TPSA) is 43.8 Å². The van der Waals surface area contributed by atoms with Crippen LogP contribution in [0.3, 0.4) is 0 Å². The van der Waals surface area contributed by atoms with Crippen LogP contribution in [0.4, 0.5) is 0 Å². The van der Waals surface area contributed by atoms with Crippen molar-refractivity contribution in [1.29, 1.82) is 0 Å². The van der Waals surface area contributed by atoms with Gasteiger partial charge in [0.2, 0.25) is 0 Å². The van der Waals surface area contributed by atoms with E-state index in [2.05, 4.69) is 55.8 Å². The summed E-state index contributed by atoms with van der Waals surface area (Å²) < 4.78 is 3.22. The first-order chi connectivity index (χ1) is 9.31.